The Hall–Kier alpha value is -2.29. The third kappa shape index (κ3) is 2.21. The van der Waals surface area contributed by atoms with E-state index in [2.05, 4.69) is 55.0 Å². The Balaban J connectivity index is 1.74. The molecule has 3 aromatic rings. The van der Waals surface area contributed by atoms with Crippen molar-refractivity contribution in [2.45, 2.75) is 57.3 Å². The molecule has 25 heavy (non-hydrogen) atoms. The Morgan fingerprint density at radius 1 is 0.920 bits per heavy atom. The van der Waals surface area contributed by atoms with E-state index in [1.165, 1.54) is 30.2 Å². The number of benzene rings is 1. The molecule has 2 bridgehead atoms. The first-order valence-corrected chi connectivity index (χ1v) is 9.28. The Morgan fingerprint density at radius 3 is 2.32 bits per heavy atom. The molecule has 2 heterocycles. The molecule has 0 radical (unpaired) electrons. The number of rotatable bonds is 1. The molecule has 2 atom stereocenters. The zero-order chi connectivity index (χ0) is 17.2. The second-order valence-electron chi connectivity index (χ2n) is 8.56. The molecule has 0 saturated heterocycles. The number of hydrogen-bond donors (Lipinski definition) is 0. The van der Waals surface area contributed by atoms with Crippen LogP contribution in [0.2, 0.25) is 0 Å². The van der Waals surface area contributed by atoms with Crippen molar-refractivity contribution >= 4 is 10.9 Å². The lowest BCUT2D eigenvalue weighted by molar-refractivity contribution is 0.545. The van der Waals surface area contributed by atoms with Crippen LogP contribution in [0.3, 0.4) is 0 Å². The number of fused-ring (bicyclic) bond motifs is 7. The lowest BCUT2D eigenvalue weighted by Gasteiger charge is -2.21. The monoisotopic (exact) mass is 329 g/mol. The summed E-state index contributed by atoms with van der Waals surface area (Å²) < 4.78 is 0. The van der Waals surface area contributed by atoms with Crippen molar-refractivity contribution < 1.29 is 0 Å². The van der Waals surface area contributed by atoms with Gasteiger partial charge >= 0.3 is 0 Å². The van der Waals surface area contributed by atoms with Crippen LogP contribution in [-0.4, -0.2) is 15.0 Å². The molecule has 0 amide bonds. The van der Waals surface area contributed by atoms with Gasteiger partial charge in [0.15, 0.2) is 0 Å². The third-order valence-electron chi connectivity index (χ3n) is 5.82. The largest absolute Gasteiger partial charge is 0.247 e. The smallest absolute Gasteiger partial charge is 0.133 e. The Kier molecular flexibility index (Phi) is 3.06. The molecule has 126 valence electrons. The minimum absolute atomic E-state index is 0.0314. The van der Waals surface area contributed by atoms with Gasteiger partial charge in [0, 0.05) is 28.8 Å². The van der Waals surface area contributed by atoms with E-state index in [9.17, 15) is 0 Å². The number of hydrogen-bond acceptors (Lipinski definition) is 3. The van der Waals surface area contributed by atoms with Crippen molar-refractivity contribution in [2.75, 3.05) is 0 Å². The second-order valence-corrected chi connectivity index (χ2v) is 8.56. The number of pyridine rings is 1. The summed E-state index contributed by atoms with van der Waals surface area (Å²) in [6.07, 6.45) is 7.85. The number of aromatic nitrogens is 3. The van der Waals surface area contributed by atoms with Crippen LogP contribution >= 0.6 is 0 Å². The van der Waals surface area contributed by atoms with Gasteiger partial charge in [-0.3, -0.25) is 0 Å². The maximum atomic E-state index is 5.05. The van der Waals surface area contributed by atoms with Crippen molar-refractivity contribution in [3.8, 4) is 11.3 Å². The number of nitrogens with zero attached hydrogens (tertiary/aromatic N) is 3. The van der Waals surface area contributed by atoms with Crippen LogP contribution in [0.25, 0.3) is 22.2 Å². The van der Waals surface area contributed by atoms with Gasteiger partial charge in [0.2, 0.25) is 0 Å². The van der Waals surface area contributed by atoms with Gasteiger partial charge < -0.3 is 0 Å². The quantitative estimate of drug-likeness (QED) is 0.604. The summed E-state index contributed by atoms with van der Waals surface area (Å²) >= 11 is 0. The number of para-hydroxylation sites is 1. The molecule has 0 aliphatic heterocycles. The van der Waals surface area contributed by atoms with E-state index >= 15 is 0 Å². The third-order valence-corrected chi connectivity index (χ3v) is 5.82. The first-order valence-electron chi connectivity index (χ1n) is 9.28. The predicted molar refractivity (Wildman–Crippen MR) is 101 cm³/mol. The van der Waals surface area contributed by atoms with E-state index in [1.54, 1.807) is 5.56 Å². The maximum Gasteiger partial charge on any atom is 0.133 e. The molecular formula is C22H23N3. The summed E-state index contributed by atoms with van der Waals surface area (Å²) in [5.74, 6) is 2.26. The van der Waals surface area contributed by atoms with Crippen molar-refractivity contribution in [3.63, 3.8) is 0 Å². The molecule has 3 nitrogen and oxygen atoms in total. The molecule has 2 unspecified atom stereocenters. The SMILES string of the molecule is CC(C)(C)c1ncc(-c2nc3ccccc3c3c2C2CCC3C2)cn1. The molecular weight excluding hydrogens is 306 g/mol. The first-order chi connectivity index (χ1) is 12.0. The van der Waals surface area contributed by atoms with E-state index in [0.29, 0.717) is 11.8 Å². The van der Waals surface area contributed by atoms with E-state index < -0.39 is 0 Å². The van der Waals surface area contributed by atoms with E-state index in [-0.39, 0.29) is 5.41 Å². The van der Waals surface area contributed by atoms with Crippen LogP contribution in [0.1, 0.15) is 68.8 Å². The summed E-state index contributed by atoms with van der Waals surface area (Å²) in [6, 6.07) is 8.59. The highest BCUT2D eigenvalue weighted by molar-refractivity contribution is 5.89. The zero-order valence-corrected chi connectivity index (χ0v) is 15.1. The Bertz CT molecular complexity index is 967. The van der Waals surface area contributed by atoms with Crippen molar-refractivity contribution in [3.05, 3.63) is 53.6 Å². The van der Waals surface area contributed by atoms with Gasteiger partial charge in [-0.25, -0.2) is 15.0 Å². The topological polar surface area (TPSA) is 38.7 Å². The Morgan fingerprint density at radius 2 is 1.60 bits per heavy atom. The highest BCUT2D eigenvalue weighted by atomic mass is 14.9. The molecule has 0 spiro atoms. The highest BCUT2D eigenvalue weighted by Crippen LogP contribution is 2.57. The standard InChI is InChI=1S/C22H23N3/c1-22(2,3)21-23-11-15(12-24-21)20-19-14-9-8-13(10-14)18(19)16-6-4-5-7-17(16)25-20/h4-7,11-14H,8-10H2,1-3H3. The van der Waals surface area contributed by atoms with Crippen molar-refractivity contribution in [1.29, 1.82) is 0 Å². The average molecular weight is 329 g/mol. The van der Waals surface area contributed by atoms with Gasteiger partial charge in [-0.2, -0.15) is 0 Å². The highest BCUT2D eigenvalue weighted by Gasteiger charge is 2.40. The fraction of sp³-hybridized carbons (Fsp3) is 0.409. The summed E-state index contributed by atoms with van der Waals surface area (Å²) in [6.45, 7) is 6.44. The zero-order valence-electron chi connectivity index (χ0n) is 15.1. The first kappa shape index (κ1) is 15.0. The summed E-state index contributed by atoms with van der Waals surface area (Å²) in [4.78, 5) is 14.3. The van der Waals surface area contributed by atoms with Crippen LogP contribution in [0, 0.1) is 0 Å². The van der Waals surface area contributed by atoms with Crippen LogP contribution in [0.4, 0.5) is 0 Å². The fourth-order valence-corrected chi connectivity index (χ4v) is 4.67. The minimum atomic E-state index is -0.0314. The molecule has 1 aromatic carbocycles. The summed E-state index contributed by atoms with van der Waals surface area (Å²) in [5.41, 5.74) is 6.27. The Labute approximate surface area is 148 Å². The predicted octanol–water partition coefficient (Wildman–Crippen LogP) is 5.35. The van der Waals surface area contributed by atoms with Gasteiger partial charge in [-0.05, 0) is 48.3 Å². The maximum absolute atomic E-state index is 5.05. The fourth-order valence-electron chi connectivity index (χ4n) is 4.67. The van der Waals surface area contributed by atoms with Crippen molar-refractivity contribution in [2.24, 2.45) is 0 Å². The average Bonchev–Trinajstić information content (AvgIpc) is 3.23. The molecule has 0 N–H and O–H groups in total. The summed E-state index contributed by atoms with van der Waals surface area (Å²) in [7, 11) is 0. The van der Waals surface area contributed by atoms with Crippen LogP contribution < -0.4 is 0 Å². The molecule has 2 aliphatic rings. The summed E-state index contributed by atoms with van der Waals surface area (Å²) in [5, 5.41) is 1.35. The second kappa shape index (κ2) is 5.10. The van der Waals surface area contributed by atoms with E-state index in [0.717, 1.165) is 22.6 Å². The molecule has 5 rings (SSSR count). The molecule has 1 saturated carbocycles. The normalized spacial score (nSPS) is 21.7. The molecule has 2 aromatic heterocycles. The lowest BCUT2D eigenvalue weighted by atomic mass is 9.86. The molecule has 3 heteroatoms. The lowest BCUT2D eigenvalue weighted by Crippen LogP contribution is -2.15. The van der Waals surface area contributed by atoms with Crippen molar-refractivity contribution in [1.82, 2.24) is 15.0 Å². The van der Waals surface area contributed by atoms with Gasteiger partial charge in [0.25, 0.3) is 0 Å². The van der Waals surface area contributed by atoms with E-state index in [1.807, 2.05) is 12.4 Å². The van der Waals surface area contributed by atoms with Crippen LogP contribution in [0.15, 0.2) is 36.7 Å². The van der Waals surface area contributed by atoms with Crippen LogP contribution in [-0.2, 0) is 5.41 Å². The minimum Gasteiger partial charge on any atom is -0.247 e. The van der Waals surface area contributed by atoms with Gasteiger partial charge in [0.05, 0.1) is 11.2 Å². The van der Waals surface area contributed by atoms with Gasteiger partial charge in [-0.1, -0.05) is 39.0 Å². The molecule has 2 aliphatic carbocycles. The van der Waals surface area contributed by atoms with Gasteiger partial charge in [0.1, 0.15) is 5.82 Å². The van der Waals surface area contributed by atoms with Gasteiger partial charge in [-0.15, -0.1) is 0 Å². The van der Waals surface area contributed by atoms with Crippen LogP contribution in [0.5, 0.6) is 0 Å². The molecule has 1 fully saturated rings. The van der Waals surface area contributed by atoms with E-state index in [4.69, 9.17) is 4.98 Å².